The van der Waals surface area contributed by atoms with Crippen molar-refractivity contribution in [1.82, 2.24) is 10.6 Å². The summed E-state index contributed by atoms with van der Waals surface area (Å²) in [6.07, 6.45) is 1.09. The number of nitrogens with one attached hydrogen (secondary N) is 2. The molecule has 3 N–H and O–H groups in total. The smallest absolute Gasteiger partial charge is 0.251 e. The molecule has 1 aromatic carbocycles. The molecule has 17 heavy (non-hydrogen) atoms. The number of hydrogen-bond acceptors (Lipinski definition) is 3. The van der Waals surface area contributed by atoms with Gasteiger partial charge in [0.2, 0.25) is 0 Å². The summed E-state index contributed by atoms with van der Waals surface area (Å²) in [5.41, 5.74) is 1.29. The zero-order chi connectivity index (χ0) is 12.7. The van der Waals surface area contributed by atoms with Crippen LogP contribution >= 0.6 is 0 Å². The lowest BCUT2D eigenvalue weighted by Gasteiger charge is -2.07. The average molecular weight is 236 g/mol. The van der Waals surface area contributed by atoms with Crippen LogP contribution in [-0.4, -0.2) is 30.6 Å². The molecular weight excluding hydrogens is 216 g/mol. The van der Waals surface area contributed by atoms with Gasteiger partial charge in [0.05, 0.1) is 0 Å². The molecule has 4 nitrogen and oxygen atoms in total. The molecule has 0 heterocycles. The first-order valence-electron chi connectivity index (χ1n) is 5.93. The van der Waals surface area contributed by atoms with Crippen molar-refractivity contribution in [1.29, 1.82) is 0 Å². The standard InChI is InChI=1S/C13H20N2O2/c1-3-6-14-7-8-15-13(17)11-4-5-12(16)10(2)9-11/h4-5,9,14,16H,3,6-8H2,1-2H3,(H,15,17). The molecule has 1 amide bonds. The van der Waals surface area contributed by atoms with Gasteiger partial charge in [-0.05, 0) is 43.7 Å². The number of carbonyl (C=O) groups excluding carboxylic acids is 1. The van der Waals surface area contributed by atoms with Crippen LogP contribution in [0.25, 0.3) is 0 Å². The second kappa shape index (κ2) is 6.91. The van der Waals surface area contributed by atoms with Gasteiger partial charge in [-0.15, -0.1) is 0 Å². The number of phenolic OH excluding ortho intramolecular Hbond substituents is 1. The molecule has 1 rings (SSSR count). The van der Waals surface area contributed by atoms with Crippen molar-refractivity contribution in [3.63, 3.8) is 0 Å². The quantitative estimate of drug-likeness (QED) is 0.655. The van der Waals surface area contributed by atoms with Gasteiger partial charge in [0, 0.05) is 18.7 Å². The molecule has 4 heteroatoms. The fraction of sp³-hybridized carbons (Fsp3) is 0.462. The summed E-state index contributed by atoms with van der Waals surface area (Å²) in [4.78, 5) is 11.7. The third kappa shape index (κ3) is 4.44. The van der Waals surface area contributed by atoms with Gasteiger partial charge in [-0.1, -0.05) is 6.92 Å². The lowest BCUT2D eigenvalue weighted by molar-refractivity contribution is 0.0954. The van der Waals surface area contributed by atoms with Crippen LogP contribution in [0.4, 0.5) is 0 Å². The van der Waals surface area contributed by atoms with E-state index in [9.17, 15) is 9.90 Å². The number of aromatic hydroxyl groups is 1. The molecule has 0 radical (unpaired) electrons. The van der Waals surface area contributed by atoms with E-state index >= 15 is 0 Å². The zero-order valence-corrected chi connectivity index (χ0v) is 10.4. The highest BCUT2D eigenvalue weighted by molar-refractivity contribution is 5.94. The first-order chi connectivity index (χ1) is 8.15. The summed E-state index contributed by atoms with van der Waals surface area (Å²) in [5.74, 6) is 0.109. The minimum Gasteiger partial charge on any atom is -0.508 e. The molecule has 1 aromatic rings. The number of phenols is 1. The molecule has 0 unspecified atom stereocenters. The second-order valence-electron chi connectivity index (χ2n) is 4.01. The Kier molecular flexibility index (Phi) is 5.49. The first-order valence-corrected chi connectivity index (χ1v) is 5.93. The number of carbonyl (C=O) groups is 1. The molecule has 94 valence electrons. The highest BCUT2D eigenvalue weighted by Gasteiger charge is 2.06. The van der Waals surface area contributed by atoms with Crippen molar-refractivity contribution in [2.24, 2.45) is 0 Å². The predicted octanol–water partition coefficient (Wildman–Crippen LogP) is 1.43. The van der Waals surface area contributed by atoms with Crippen molar-refractivity contribution in [3.05, 3.63) is 29.3 Å². The van der Waals surface area contributed by atoms with Gasteiger partial charge in [-0.25, -0.2) is 0 Å². The molecular formula is C13H20N2O2. The van der Waals surface area contributed by atoms with Crippen molar-refractivity contribution >= 4 is 5.91 Å². The zero-order valence-electron chi connectivity index (χ0n) is 10.4. The van der Waals surface area contributed by atoms with Gasteiger partial charge in [0.15, 0.2) is 0 Å². The van der Waals surface area contributed by atoms with Gasteiger partial charge in [0.1, 0.15) is 5.75 Å². The summed E-state index contributed by atoms with van der Waals surface area (Å²) in [5, 5.41) is 15.4. The Morgan fingerprint density at radius 3 is 2.71 bits per heavy atom. The van der Waals surface area contributed by atoms with Crippen LogP contribution in [0.2, 0.25) is 0 Å². The summed E-state index contributed by atoms with van der Waals surface area (Å²) >= 11 is 0. The Labute approximate surface area is 102 Å². The highest BCUT2D eigenvalue weighted by atomic mass is 16.3. The third-order valence-corrected chi connectivity index (χ3v) is 2.47. The monoisotopic (exact) mass is 236 g/mol. The van der Waals surface area contributed by atoms with Crippen molar-refractivity contribution in [3.8, 4) is 5.75 Å². The van der Waals surface area contributed by atoms with Crippen LogP contribution in [0.3, 0.4) is 0 Å². The second-order valence-corrected chi connectivity index (χ2v) is 4.01. The number of amides is 1. The maximum atomic E-state index is 11.7. The number of hydrogen-bond donors (Lipinski definition) is 3. The molecule has 0 bridgehead atoms. The molecule has 0 spiro atoms. The topological polar surface area (TPSA) is 61.4 Å². The van der Waals surface area contributed by atoms with E-state index in [-0.39, 0.29) is 11.7 Å². The van der Waals surface area contributed by atoms with Crippen LogP contribution in [0, 0.1) is 6.92 Å². The molecule has 0 aliphatic heterocycles. The molecule has 0 saturated heterocycles. The van der Waals surface area contributed by atoms with E-state index < -0.39 is 0 Å². The van der Waals surface area contributed by atoms with Crippen molar-refractivity contribution < 1.29 is 9.90 Å². The van der Waals surface area contributed by atoms with Crippen LogP contribution in [-0.2, 0) is 0 Å². The Morgan fingerprint density at radius 2 is 2.06 bits per heavy atom. The van der Waals surface area contributed by atoms with Gasteiger partial charge < -0.3 is 15.7 Å². The van der Waals surface area contributed by atoms with Crippen LogP contribution < -0.4 is 10.6 Å². The maximum absolute atomic E-state index is 11.7. The average Bonchev–Trinajstić information content (AvgIpc) is 2.32. The van der Waals surface area contributed by atoms with Gasteiger partial charge in [-0.3, -0.25) is 4.79 Å². The summed E-state index contributed by atoms with van der Waals surface area (Å²) in [7, 11) is 0. The molecule has 0 saturated carbocycles. The predicted molar refractivity (Wildman–Crippen MR) is 68.3 cm³/mol. The van der Waals surface area contributed by atoms with E-state index in [1.807, 2.05) is 0 Å². The summed E-state index contributed by atoms with van der Waals surface area (Å²) in [6, 6.07) is 4.85. The minimum absolute atomic E-state index is 0.105. The molecule has 0 aliphatic rings. The van der Waals surface area contributed by atoms with Crippen LogP contribution in [0.15, 0.2) is 18.2 Å². The molecule has 0 atom stereocenters. The Bertz CT molecular complexity index is 378. The van der Waals surface area contributed by atoms with E-state index in [1.165, 1.54) is 0 Å². The van der Waals surface area contributed by atoms with E-state index in [0.717, 1.165) is 19.5 Å². The molecule has 0 aromatic heterocycles. The summed E-state index contributed by atoms with van der Waals surface area (Å²) in [6.45, 7) is 6.23. The van der Waals surface area contributed by atoms with E-state index in [0.29, 0.717) is 17.7 Å². The first kappa shape index (κ1) is 13.5. The van der Waals surface area contributed by atoms with Crippen molar-refractivity contribution in [2.75, 3.05) is 19.6 Å². The number of rotatable bonds is 6. The Morgan fingerprint density at radius 1 is 1.29 bits per heavy atom. The maximum Gasteiger partial charge on any atom is 0.251 e. The number of benzene rings is 1. The van der Waals surface area contributed by atoms with Crippen LogP contribution in [0.5, 0.6) is 5.75 Å². The Hall–Kier alpha value is -1.55. The van der Waals surface area contributed by atoms with E-state index in [4.69, 9.17) is 0 Å². The fourth-order valence-electron chi connectivity index (χ4n) is 1.46. The van der Waals surface area contributed by atoms with Gasteiger partial charge in [-0.2, -0.15) is 0 Å². The van der Waals surface area contributed by atoms with Gasteiger partial charge >= 0.3 is 0 Å². The normalized spacial score (nSPS) is 10.2. The third-order valence-electron chi connectivity index (χ3n) is 2.47. The summed E-state index contributed by atoms with van der Waals surface area (Å²) < 4.78 is 0. The van der Waals surface area contributed by atoms with Crippen molar-refractivity contribution in [2.45, 2.75) is 20.3 Å². The highest BCUT2D eigenvalue weighted by Crippen LogP contribution is 2.16. The molecule has 0 aliphatic carbocycles. The van der Waals surface area contributed by atoms with Crippen LogP contribution in [0.1, 0.15) is 29.3 Å². The van der Waals surface area contributed by atoms with Gasteiger partial charge in [0.25, 0.3) is 5.91 Å². The fourth-order valence-corrected chi connectivity index (χ4v) is 1.46. The molecule has 0 fully saturated rings. The SMILES string of the molecule is CCCNCCNC(=O)c1ccc(O)c(C)c1. The van der Waals surface area contributed by atoms with E-state index in [1.54, 1.807) is 25.1 Å². The number of aryl methyl sites for hydroxylation is 1. The lowest BCUT2D eigenvalue weighted by Crippen LogP contribution is -2.32. The largest absolute Gasteiger partial charge is 0.508 e. The minimum atomic E-state index is -0.105. The lowest BCUT2D eigenvalue weighted by atomic mass is 10.1. The Balaban J connectivity index is 2.39. The van der Waals surface area contributed by atoms with E-state index in [2.05, 4.69) is 17.6 Å².